The zero-order chi connectivity index (χ0) is 15.5. The van der Waals surface area contributed by atoms with Gasteiger partial charge in [0.05, 0.1) is 12.1 Å². The van der Waals surface area contributed by atoms with E-state index in [2.05, 4.69) is 42.9 Å². The molecule has 1 aliphatic carbocycles. The normalized spacial score (nSPS) is 24.7. The third kappa shape index (κ3) is 4.41. The first-order valence-corrected chi connectivity index (χ1v) is 8.82. The van der Waals surface area contributed by atoms with E-state index >= 15 is 0 Å². The summed E-state index contributed by atoms with van der Waals surface area (Å²) in [5.74, 6) is 0.656. The Hall–Kier alpha value is -0.160. The van der Waals surface area contributed by atoms with Gasteiger partial charge in [0.2, 0.25) is 0 Å². The third-order valence-corrected chi connectivity index (χ3v) is 5.38. The fourth-order valence-corrected chi connectivity index (χ4v) is 3.98. The maximum atomic E-state index is 10.1. The SMILES string of the molecule is CCN1CCC(N(C)CC(CO)(NC(C)C)C2CC2)CC1. The monoisotopic (exact) mass is 297 g/mol. The molecule has 2 rings (SSSR count). The predicted molar refractivity (Wildman–Crippen MR) is 88.6 cm³/mol. The van der Waals surface area contributed by atoms with E-state index in [1.165, 1.54) is 45.3 Å². The minimum Gasteiger partial charge on any atom is -0.394 e. The van der Waals surface area contributed by atoms with Crippen molar-refractivity contribution >= 4 is 0 Å². The number of likely N-dealkylation sites (tertiary alicyclic amines) is 1. The van der Waals surface area contributed by atoms with Gasteiger partial charge in [-0.15, -0.1) is 0 Å². The van der Waals surface area contributed by atoms with Gasteiger partial charge >= 0.3 is 0 Å². The topological polar surface area (TPSA) is 38.7 Å². The van der Waals surface area contributed by atoms with Gasteiger partial charge in [-0.2, -0.15) is 0 Å². The van der Waals surface area contributed by atoms with Crippen LogP contribution in [0, 0.1) is 5.92 Å². The summed E-state index contributed by atoms with van der Waals surface area (Å²) >= 11 is 0. The first kappa shape index (κ1) is 17.2. The van der Waals surface area contributed by atoms with E-state index in [9.17, 15) is 5.11 Å². The van der Waals surface area contributed by atoms with Gasteiger partial charge in [0, 0.05) is 18.6 Å². The lowest BCUT2D eigenvalue weighted by Crippen LogP contribution is -2.61. The highest BCUT2D eigenvalue weighted by Crippen LogP contribution is 2.40. The highest BCUT2D eigenvalue weighted by atomic mass is 16.3. The van der Waals surface area contributed by atoms with Crippen LogP contribution in [0.2, 0.25) is 0 Å². The number of rotatable bonds is 8. The first-order chi connectivity index (χ1) is 10.0. The second kappa shape index (κ2) is 7.40. The van der Waals surface area contributed by atoms with Crippen LogP contribution < -0.4 is 5.32 Å². The van der Waals surface area contributed by atoms with Crippen molar-refractivity contribution in [3.05, 3.63) is 0 Å². The molecule has 1 unspecified atom stereocenters. The molecule has 1 atom stereocenters. The smallest absolute Gasteiger partial charge is 0.0628 e. The minimum absolute atomic E-state index is 0.0925. The number of hydrogen-bond donors (Lipinski definition) is 2. The molecule has 21 heavy (non-hydrogen) atoms. The lowest BCUT2D eigenvalue weighted by molar-refractivity contribution is 0.0574. The number of likely N-dealkylation sites (N-methyl/N-ethyl adjacent to an activating group) is 1. The fraction of sp³-hybridized carbons (Fsp3) is 1.00. The van der Waals surface area contributed by atoms with Crippen LogP contribution in [0.5, 0.6) is 0 Å². The van der Waals surface area contributed by atoms with Gasteiger partial charge in [-0.05, 0) is 58.3 Å². The number of aliphatic hydroxyl groups is 1. The number of nitrogens with one attached hydrogen (secondary N) is 1. The summed E-state index contributed by atoms with van der Waals surface area (Å²) < 4.78 is 0. The molecule has 1 heterocycles. The largest absolute Gasteiger partial charge is 0.394 e. The predicted octanol–water partition coefficient (Wildman–Crippen LogP) is 1.54. The van der Waals surface area contributed by atoms with Gasteiger partial charge in [0.15, 0.2) is 0 Å². The molecule has 0 aromatic rings. The van der Waals surface area contributed by atoms with Crippen LogP contribution >= 0.6 is 0 Å². The Morgan fingerprint density at radius 2 is 1.86 bits per heavy atom. The number of hydrogen-bond acceptors (Lipinski definition) is 4. The molecule has 4 nitrogen and oxygen atoms in total. The van der Waals surface area contributed by atoms with Gasteiger partial charge in [0.25, 0.3) is 0 Å². The van der Waals surface area contributed by atoms with Gasteiger partial charge in [-0.1, -0.05) is 20.8 Å². The van der Waals surface area contributed by atoms with Crippen molar-refractivity contribution in [1.29, 1.82) is 0 Å². The molecule has 0 aromatic heterocycles. The Balaban J connectivity index is 1.93. The Labute approximate surface area is 130 Å². The highest BCUT2D eigenvalue weighted by molar-refractivity contribution is 5.04. The molecule has 0 amide bonds. The van der Waals surface area contributed by atoms with E-state index in [1.54, 1.807) is 0 Å². The van der Waals surface area contributed by atoms with Crippen molar-refractivity contribution in [3.8, 4) is 0 Å². The molecular weight excluding hydrogens is 262 g/mol. The van der Waals surface area contributed by atoms with Crippen LogP contribution in [0.15, 0.2) is 0 Å². The van der Waals surface area contributed by atoms with Gasteiger partial charge in [-0.25, -0.2) is 0 Å². The number of piperidine rings is 1. The lowest BCUT2D eigenvalue weighted by atomic mass is 9.91. The molecule has 0 aromatic carbocycles. The molecular formula is C17H35N3O. The average molecular weight is 297 g/mol. The van der Waals surface area contributed by atoms with E-state index in [1.807, 2.05) is 0 Å². The molecule has 1 saturated carbocycles. The van der Waals surface area contributed by atoms with E-state index < -0.39 is 0 Å². The van der Waals surface area contributed by atoms with Crippen molar-refractivity contribution in [2.45, 2.75) is 64.1 Å². The van der Waals surface area contributed by atoms with E-state index in [4.69, 9.17) is 0 Å². The molecule has 4 heteroatoms. The van der Waals surface area contributed by atoms with Crippen molar-refractivity contribution in [3.63, 3.8) is 0 Å². The molecule has 0 bridgehead atoms. The van der Waals surface area contributed by atoms with Gasteiger partial charge in [0.1, 0.15) is 0 Å². The van der Waals surface area contributed by atoms with Crippen molar-refractivity contribution < 1.29 is 5.11 Å². The van der Waals surface area contributed by atoms with Crippen molar-refractivity contribution in [2.24, 2.45) is 5.92 Å². The maximum absolute atomic E-state index is 10.1. The molecule has 124 valence electrons. The fourth-order valence-electron chi connectivity index (χ4n) is 3.98. The third-order valence-electron chi connectivity index (χ3n) is 5.38. The Kier molecular flexibility index (Phi) is 6.06. The van der Waals surface area contributed by atoms with E-state index in [0.29, 0.717) is 18.0 Å². The number of aliphatic hydroxyl groups excluding tert-OH is 1. The molecule has 2 aliphatic rings. The highest BCUT2D eigenvalue weighted by Gasteiger charge is 2.46. The molecule has 0 spiro atoms. The number of nitrogens with zero attached hydrogens (tertiary/aromatic N) is 2. The first-order valence-electron chi connectivity index (χ1n) is 8.82. The Morgan fingerprint density at radius 3 is 2.29 bits per heavy atom. The standard InChI is InChI=1S/C17H35N3O/c1-5-20-10-8-16(9-11-20)19(4)12-17(13-21,15-6-7-15)18-14(2)3/h14-16,18,21H,5-13H2,1-4H3. The molecule has 0 radical (unpaired) electrons. The van der Waals surface area contributed by atoms with E-state index in [0.717, 1.165) is 6.54 Å². The summed E-state index contributed by atoms with van der Waals surface area (Å²) in [4.78, 5) is 5.05. The van der Waals surface area contributed by atoms with Gasteiger partial charge in [-0.3, -0.25) is 0 Å². The minimum atomic E-state index is -0.0925. The lowest BCUT2D eigenvalue weighted by Gasteiger charge is -2.43. The van der Waals surface area contributed by atoms with Crippen LogP contribution in [-0.2, 0) is 0 Å². The summed E-state index contributed by atoms with van der Waals surface area (Å²) in [6.07, 6.45) is 5.06. The Bertz CT molecular complexity index is 311. The zero-order valence-electron chi connectivity index (χ0n) is 14.4. The van der Waals surface area contributed by atoms with Gasteiger partial charge < -0.3 is 20.2 Å². The van der Waals surface area contributed by atoms with Crippen LogP contribution in [-0.4, -0.2) is 72.4 Å². The summed E-state index contributed by atoms with van der Waals surface area (Å²) in [5, 5.41) is 13.8. The molecule has 1 aliphatic heterocycles. The molecule has 2 fully saturated rings. The molecule has 1 saturated heterocycles. The zero-order valence-corrected chi connectivity index (χ0v) is 14.4. The second-order valence-corrected chi connectivity index (χ2v) is 7.47. The van der Waals surface area contributed by atoms with Crippen molar-refractivity contribution in [2.75, 3.05) is 39.8 Å². The average Bonchev–Trinajstić information content (AvgIpc) is 3.31. The van der Waals surface area contributed by atoms with Crippen LogP contribution in [0.25, 0.3) is 0 Å². The molecule has 2 N–H and O–H groups in total. The summed E-state index contributed by atoms with van der Waals surface area (Å²) in [5.41, 5.74) is -0.0925. The van der Waals surface area contributed by atoms with Crippen LogP contribution in [0.4, 0.5) is 0 Å². The second-order valence-electron chi connectivity index (χ2n) is 7.47. The van der Waals surface area contributed by atoms with E-state index in [-0.39, 0.29) is 12.1 Å². The van der Waals surface area contributed by atoms with Crippen LogP contribution in [0.3, 0.4) is 0 Å². The maximum Gasteiger partial charge on any atom is 0.0628 e. The summed E-state index contributed by atoms with van der Waals surface area (Å²) in [7, 11) is 2.25. The quantitative estimate of drug-likeness (QED) is 0.713. The van der Waals surface area contributed by atoms with Crippen LogP contribution in [0.1, 0.15) is 46.5 Å². The summed E-state index contributed by atoms with van der Waals surface area (Å²) in [6, 6.07) is 1.10. The summed E-state index contributed by atoms with van der Waals surface area (Å²) in [6.45, 7) is 11.5. The Morgan fingerprint density at radius 1 is 1.24 bits per heavy atom. The van der Waals surface area contributed by atoms with Crippen molar-refractivity contribution in [1.82, 2.24) is 15.1 Å².